The largest absolute Gasteiger partial charge is 0.318 e. The van der Waals surface area contributed by atoms with Gasteiger partial charge in [0.05, 0.1) is 5.52 Å². The van der Waals surface area contributed by atoms with Gasteiger partial charge in [0.2, 0.25) is 0 Å². The Morgan fingerprint density at radius 2 is 1.83 bits per heavy atom. The maximum atomic E-state index is 4.82. The van der Waals surface area contributed by atoms with Crippen molar-refractivity contribution in [2.45, 2.75) is 6.54 Å². The van der Waals surface area contributed by atoms with Crippen LogP contribution in [-0.4, -0.2) is 14.5 Å². The topological polar surface area (TPSA) is 34.6 Å². The Bertz CT molecular complexity index is 943. The van der Waals surface area contributed by atoms with Crippen LogP contribution in [0.3, 0.4) is 0 Å². The summed E-state index contributed by atoms with van der Waals surface area (Å²) in [6, 6.07) is 18.5. The van der Waals surface area contributed by atoms with Crippen molar-refractivity contribution in [3.05, 3.63) is 78.8 Å². The van der Waals surface area contributed by atoms with Gasteiger partial charge >= 0.3 is 0 Å². The minimum atomic E-state index is 0.775. The number of hydrogen-bond donors (Lipinski definition) is 0. The van der Waals surface area contributed by atoms with Gasteiger partial charge in [0.1, 0.15) is 12.7 Å². The molecule has 4 aromatic rings. The van der Waals surface area contributed by atoms with Crippen molar-refractivity contribution in [2.75, 3.05) is 0 Å². The summed E-state index contributed by atoms with van der Waals surface area (Å²) in [5.74, 6) is 0.899. The van der Waals surface area contributed by atoms with Crippen LogP contribution < -0.4 is 4.57 Å². The van der Waals surface area contributed by atoms with E-state index in [1.165, 1.54) is 5.56 Å². The van der Waals surface area contributed by atoms with E-state index in [9.17, 15) is 0 Å². The quantitative estimate of drug-likeness (QED) is 0.545. The van der Waals surface area contributed by atoms with Crippen LogP contribution in [-0.2, 0) is 13.6 Å². The van der Waals surface area contributed by atoms with E-state index < -0.39 is 0 Å². The van der Waals surface area contributed by atoms with E-state index in [0.717, 1.165) is 29.1 Å². The first-order valence-corrected chi connectivity index (χ1v) is 7.62. The predicted molar refractivity (Wildman–Crippen MR) is 89.7 cm³/mol. The molecule has 0 fully saturated rings. The van der Waals surface area contributed by atoms with Crippen molar-refractivity contribution < 1.29 is 4.57 Å². The van der Waals surface area contributed by atoms with E-state index in [2.05, 4.69) is 39.9 Å². The van der Waals surface area contributed by atoms with Gasteiger partial charge in [-0.05, 0) is 17.7 Å². The van der Waals surface area contributed by atoms with Crippen molar-refractivity contribution in [2.24, 2.45) is 7.05 Å². The third kappa shape index (κ3) is 2.59. The molecular weight excluding hydrogens is 284 g/mol. The number of aromatic nitrogens is 4. The maximum Gasteiger partial charge on any atom is 0.196 e. The summed E-state index contributed by atoms with van der Waals surface area (Å²) in [6.45, 7) is 0.775. The smallest absolute Gasteiger partial charge is 0.196 e. The molecule has 0 saturated carbocycles. The molecule has 1 aromatic carbocycles. The molecule has 0 spiro atoms. The van der Waals surface area contributed by atoms with Gasteiger partial charge in [0.15, 0.2) is 23.7 Å². The van der Waals surface area contributed by atoms with E-state index in [0.29, 0.717) is 0 Å². The van der Waals surface area contributed by atoms with E-state index >= 15 is 0 Å². The normalized spacial score (nSPS) is 11.0. The second-order valence-electron chi connectivity index (χ2n) is 5.60. The fourth-order valence-corrected chi connectivity index (χ4v) is 2.80. The van der Waals surface area contributed by atoms with Crippen LogP contribution in [0.5, 0.6) is 0 Å². The van der Waals surface area contributed by atoms with Crippen molar-refractivity contribution in [3.63, 3.8) is 0 Å². The highest BCUT2D eigenvalue weighted by Crippen LogP contribution is 2.23. The predicted octanol–water partition coefficient (Wildman–Crippen LogP) is 2.97. The number of nitrogens with zero attached hydrogens (tertiary/aromatic N) is 4. The van der Waals surface area contributed by atoms with E-state index in [4.69, 9.17) is 4.98 Å². The van der Waals surface area contributed by atoms with Gasteiger partial charge < -0.3 is 4.57 Å². The van der Waals surface area contributed by atoms with E-state index in [1.807, 2.05) is 54.5 Å². The van der Waals surface area contributed by atoms with E-state index in [-0.39, 0.29) is 0 Å². The first kappa shape index (κ1) is 13.6. The van der Waals surface area contributed by atoms with Gasteiger partial charge in [-0.25, -0.2) is 9.55 Å². The SMILES string of the molecule is C[n+]1ccc2c(c1)nc(-c1ccccn1)n2Cc1ccccc1. The molecule has 4 nitrogen and oxygen atoms in total. The van der Waals surface area contributed by atoms with Crippen molar-refractivity contribution in [1.82, 2.24) is 14.5 Å². The molecule has 0 radical (unpaired) electrons. The van der Waals surface area contributed by atoms with Crippen LogP contribution in [0.15, 0.2) is 73.2 Å². The van der Waals surface area contributed by atoms with Gasteiger partial charge in [-0.3, -0.25) is 4.98 Å². The summed E-state index contributed by atoms with van der Waals surface area (Å²) in [5, 5.41) is 0. The zero-order valence-electron chi connectivity index (χ0n) is 12.9. The van der Waals surface area contributed by atoms with Crippen LogP contribution in [0, 0.1) is 0 Å². The average molecular weight is 301 g/mol. The molecule has 0 aliphatic rings. The molecule has 0 aliphatic carbocycles. The van der Waals surface area contributed by atoms with Crippen LogP contribution in [0.25, 0.3) is 22.6 Å². The number of benzene rings is 1. The fourth-order valence-electron chi connectivity index (χ4n) is 2.80. The first-order chi connectivity index (χ1) is 11.3. The summed E-state index contributed by atoms with van der Waals surface area (Å²) in [6.07, 6.45) is 5.90. The fraction of sp³-hybridized carbons (Fsp3) is 0.105. The van der Waals surface area contributed by atoms with Crippen molar-refractivity contribution in [3.8, 4) is 11.5 Å². The molecule has 23 heavy (non-hydrogen) atoms. The van der Waals surface area contributed by atoms with Crippen LogP contribution in [0.2, 0.25) is 0 Å². The van der Waals surface area contributed by atoms with Gasteiger partial charge in [-0.1, -0.05) is 36.4 Å². The molecule has 0 unspecified atom stereocenters. The summed E-state index contributed by atoms with van der Waals surface area (Å²) >= 11 is 0. The summed E-state index contributed by atoms with van der Waals surface area (Å²) in [7, 11) is 2.01. The Morgan fingerprint density at radius 1 is 1.00 bits per heavy atom. The second-order valence-corrected chi connectivity index (χ2v) is 5.60. The van der Waals surface area contributed by atoms with Gasteiger partial charge in [0, 0.05) is 18.8 Å². The van der Waals surface area contributed by atoms with Gasteiger partial charge in [-0.15, -0.1) is 0 Å². The number of pyridine rings is 2. The third-order valence-corrected chi connectivity index (χ3v) is 3.91. The standard InChI is InChI=1S/C19H17N4/c1-22-12-10-18-17(14-22)21-19(16-9-5-6-11-20-16)23(18)13-15-7-3-2-4-8-15/h2-12,14H,13H2,1H3/q+1. The Hall–Kier alpha value is -3.01. The molecule has 4 heteroatoms. The molecule has 0 aliphatic heterocycles. The Labute approximate surface area is 134 Å². The van der Waals surface area contributed by atoms with Crippen LogP contribution in [0.4, 0.5) is 0 Å². The monoisotopic (exact) mass is 301 g/mol. The summed E-state index contributed by atoms with van der Waals surface area (Å²) < 4.78 is 4.25. The van der Waals surface area contributed by atoms with Crippen molar-refractivity contribution >= 4 is 11.0 Å². The molecule has 0 saturated heterocycles. The zero-order valence-corrected chi connectivity index (χ0v) is 12.9. The minimum Gasteiger partial charge on any atom is -0.318 e. The summed E-state index contributed by atoms with van der Waals surface area (Å²) in [4.78, 5) is 9.30. The van der Waals surface area contributed by atoms with Gasteiger partial charge in [0.25, 0.3) is 0 Å². The lowest BCUT2D eigenvalue weighted by Crippen LogP contribution is -2.25. The highest BCUT2D eigenvalue weighted by Gasteiger charge is 2.15. The molecule has 0 amide bonds. The molecular formula is C19H17N4+. The molecule has 0 atom stereocenters. The van der Waals surface area contributed by atoms with Crippen LogP contribution >= 0.6 is 0 Å². The number of hydrogen-bond acceptors (Lipinski definition) is 2. The molecule has 4 rings (SSSR count). The first-order valence-electron chi connectivity index (χ1n) is 7.62. The summed E-state index contributed by atoms with van der Waals surface area (Å²) in [5.41, 5.74) is 4.23. The second kappa shape index (κ2) is 5.65. The Balaban J connectivity index is 1.92. The lowest BCUT2D eigenvalue weighted by molar-refractivity contribution is -0.670. The lowest BCUT2D eigenvalue weighted by atomic mass is 10.2. The molecule has 3 aromatic heterocycles. The highest BCUT2D eigenvalue weighted by molar-refractivity contribution is 5.78. The Morgan fingerprint density at radius 3 is 2.61 bits per heavy atom. The highest BCUT2D eigenvalue weighted by atomic mass is 15.1. The molecule has 0 N–H and O–H groups in total. The number of rotatable bonds is 3. The average Bonchev–Trinajstić information content (AvgIpc) is 2.94. The number of aryl methyl sites for hydroxylation is 1. The van der Waals surface area contributed by atoms with Crippen molar-refractivity contribution in [1.29, 1.82) is 0 Å². The third-order valence-electron chi connectivity index (χ3n) is 3.91. The number of imidazole rings is 1. The van der Waals surface area contributed by atoms with Gasteiger partial charge in [-0.2, -0.15) is 0 Å². The minimum absolute atomic E-state index is 0.775. The van der Waals surface area contributed by atoms with E-state index in [1.54, 1.807) is 0 Å². The maximum absolute atomic E-state index is 4.82. The molecule has 3 heterocycles. The molecule has 0 bridgehead atoms. The molecule has 112 valence electrons. The zero-order chi connectivity index (χ0) is 15.6. The number of fused-ring (bicyclic) bond motifs is 1. The lowest BCUT2D eigenvalue weighted by Gasteiger charge is -2.08. The van der Waals surface area contributed by atoms with Crippen LogP contribution in [0.1, 0.15) is 5.56 Å². The Kier molecular flexibility index (Phi) is 3.35.